The Morgan fingerprint density at radius 2 is 1.55 bits per heavy atom. The number of aryl methyl sites for hydroxylation is 1. The highest BCUT2D eigenvalue weighted by Crippen LogP contribution is 2.34. The summed E-state index contributed by atoms with van der Waals surface area (Å²) in [6, 6.07) is 14.3. The normalized spacial score (nSPS) is 20.1. The molecule has 29 heavy (non-hydrogen) atoms. The molecule has 0 aromatic heterocycles. The van der Waals surface area contributed by atoms with Crippen LogP contribution in [0.25, 0.3) is 0 Å². The molecule has 2 heterocycles. The summed E-state index contributed by atoms with van der Waals surface area (Å²) in [6.07, 6.45) is 3.41. The Morgan fingerprint density at radius 1 is 0.897 bits per heavy atom. The number of piperidine rings is 1. The van der Waals surface area contributed by atoms with E-state index in [4.69, 9.17) is 0 Å². The Labute approximate surface area is 171 Å². The molecule has 0 radical (unpaired) electrons. The molecule has 4 nitrogen and oxygen atoms in total. The maximum absolute atomic E-state index is 13.2. The Kier molecular flexibility index (Phi) is 5.65. The molecule has 4 rings (SSSR count). The van der Waals surface area contributed by atoms with E-state index in [0.717, 1.165) is 19.4 Å². The lowest BCUT2D eigenvalue weighted by atomic mass is 9.93. The Bertz CT molecular complexity index is 871. The van der Waals surface area contributed by atoms with Gasteiger partial charge >= 0.3 is 0 Å². The lowest BCUT2D eigenvalue weighted by molar-refractivity contribution is -0.137. The molecule has 2 aromatic rings. The Balaban J connectivity index is 1.37. The first-order chi connectivity index (χ1) is 14.0. The van der Waals surface area contributed by atoms with E-state index in [-0.39, 0.29) is 29.6 Å². The van der Waals surface area contributed by atoms with Gasteiger partial charge in [0.25, 0.3) is 5.91 Å². The molecule has 2 aliphatic heterocycles. The van der Waals surface area contributed by atoms with Crippen LogP contribution in [0.3, 0.4) is 0 Å². The van der Waals surface area contributed by atoms with E-state index in [1.165, 1.54) is 35.4 Å². The highest BCUT2D eigenvalue weighted by atomic mass is 19.1. The van der Waals surface area contributed by atoms with E-state index < -0.39 is 0 Å². The number of carbonyl (C=O) groups is 2. The van der Waals surface area contributed by atoms with Gasteiger partial charge in [-0.05, 0) is 62.4 Å². The van der Waals surface area contributed by atoms with Crippen LogP contribution in [0.5, 0.6) is 0 Å². The smallest absolute Gasteiger partial charge is 0.253 e. The van der Waals surface area contributed by atoms with Crippen molar-refractivity contribution in [2.75, 3.05) is 19.6 Å². The molecule has 1 unspecified atom stereocenters. The van der Waals surface area contributed by atoms with Crippen molar-refractivity contribution < 1.29 is 14.0 Å². The SMILES string of the molecule is Cc1ccc(C2CCCN2C(=O)C2CCN(C(=O)c3ccc(F)cc3)CC2)cc1. The predicted octanol–water partition coefficient (Wildman–Crippen LogP) is 4.35. The molecule has 2 saturated heterocycles. The molecule has 1 atom stereocenters. The number of benzene rings is 2. The quantitative estimate of drug-likeness (QED) is 0.777. The zero-order valence-corrected chi connectivity index (χ0v) is 16.8. The summed E-state index contributed by atoms with van der Waals surface area (Å²) in [5.74, 6) is -0.241. The lowest BCUT2D eigenvalue weighted by Crippen LogP contribution is -2.44. The third-order valence-electron chi connectivity index (χ3n) is 6.22. The average molecular weight is 394 g/mol. The number of hydrogen-bond donors (Lipinski definition) is 0. The second-order valence-corrected chi connectivity index (χ2v) is 8.17. The second-order valence-electron chi connectivity index (χ2n) is 8.17. The van der Waals surface area contributed by atoms with Crippen LogP contribution in [0, 0.1) is 18.7 Å². The van der Waals surface area contributed by atoms with Gasteiger partial charge in [-0.2, -0.15) is 0 Å². The number of amides is 2. The Hall–Kier alpha value is -2.69. The summed E-state index contributed by atoms with van der Waals surface area (Å²) in [7, 11) is 0. The van der Waals surface area contributed by atoms with Gasteiger partial charge in [0, 0.05) is 31.1 Å². The average Bonchev–Trinajstić information content (AvgIpc) is 3.24. The summed E-state index contributed by atoms with van der Waals surface area (Å²) in [4.78, 5) is 29.7. The van der Waals surface area contributed by atoms with Crippen LogP contribution >= 0.6 is 0 Å². The van der Waals surface area contributed by atoms with Crippen molar-refractivity contribution in [2.45, 2.75) is 38.6 Å². The van der Waals surface area contributed by atoms with Crippen LogP contribution in [-0.4, -0.2) is 41.2 Å². The van der Waals surface area contributed by atoms with Crippen molar-refractivity contribution in [2.24, 2.45) is 5.92 Å². The fraction of sp³-hybridized carbons (Fsp3) is 0.417. The zero-order chi connectivity index (χ0) is 20.4. The molecule has 5 heteroatoms. The molecule has 0 aliphatic carbocycles. The second kappa shape index (κ2) is 8.36. The first-order valence-electron chi connectivity index (χ1n) is 10.4. The number of likely N-dealkylation sites (tertiary alicyclic amines) is 2. The molecular formula is C24H27FN2O2. The first kappa shape index (κ1) is 19.6. The van der Waals surface area contributed by atoms with Gasteiger partial charge in [-0.15, -0.1) is 0 Å². The minimum absolute atomic E-state index is 0.0293. The Morgan fingerprint density at radius 3 is 2.21 bits per heavy atom. The number of hydrogen-bond acceptors (Lipinski definition) is 2. The molecule has 0 spiro atoms. The largest absolute Gasteiger partial charge is 0.339 e. The van der Waals surface area contributed by atoms with Crippen molar-refractivity contribution >= 4 is 11.8 Å². The number of halogens is 1. The van der Waals surface area contributed by atoms with Crippen molar-refractivity contribution in [3.63, 3.8) is 0 Å². The van der Waals surface area contributed by atoms with Gasteiger partial charge in [-0.3, -0.25) is 9.59 Å². The van der Waals surface area contributed by atoms with Crippen LogP contribution in [-0.2, 0) is 4.79 Å². The van der Waals surface area contributed by atoms with Crippen molar-refractivity contribution in [1.82, 2.24) is 9.80 Å². The monoisotopic (exact) mass is 394 g/mol. The molecule has 2 aliphatic rings. The first-order valence-corrected chi connectivity index (χ1v) is 10.4. The fourth-order valence-electron chi connectivity index (χ4n) is 4.50. The highest BCUT2D eigenvalue weighted by molar-refractivity contribution is 5.94. The summed E-state index contributed by atoms with van der Waals surface area (Å²) >= 11 is 0. The van der Waals surface area contributed by atoms with Gasteiger partial charge in [0.2, 0.25) is 5.91 Å². The van der Waals surface area contributed by atoms with E-state index in [0.29, 0.717) is 31.5 Å². The standard InChI is InChI=1S/C24H27FN2O2/c1-17-4-6-18(7-5-17)22-3-2-14-27(22)24(29)20-12-15-26(16-13-20)23(28)19-8-10-21(25)11-9-19/h4-11,20,22H,2-3,12-16H2,1H3. The number of nitrogens with zero attached hydrogens (tertiary/aromatic N) is 2. The third-order valence-corrected chi connectivity index (χ3v) is 6.22. The van der Waals surface area contributed by atoms with Crippen molar-refractivity contribution in [3.05, 3.63) is 71.0 Å². The molecule has 2 fully saturated rings. The van der Waals surface area contributed by atoms with E-state index in [1.807, 2.05) is 4.90 Å². The van der Waals surface area contributed by atoms with Gasteiger partial charge in [-0.1, -0.05) is 29.8 Å². The maximum Gasteiger partial charge on any atom is 0.253 e. The van der Waals surface area contributed by atoms with Crippen LogP contribution < -0.4 is 0 Å². The van der Waals surface area contributed by atoms with Gasteiger partial charge in [-0.25, -0.2) is 4.39 Å². The summed E-state index contributed by atoms with van der Waals surface area (Å²) in [5, 5.41) is 0. The van der Waals surface area contributed by atoms with E-state index in [2.05, 4.69) is 31.2 Å². The summed E-state index contributed by atoms with van der Waals surface area (Å²) < 4.78 is 13.1. The zero-order valence-electron chi connectivity index (χ0n) is 16.8. The van der Waals surface area contributed by atoms with E-state index in [1.54, 1.807) is 4.90 Å². The molecule has 0 bridgehead atoms. The highest BCUT2D eigenvalue weighted by Gasteiger charge is 2.36. The van der Waals surface area contributed by atoms with Crippen LogP contribution in [0.4, 0.5) is 4.39 Å². The molecule has 0 saturated carbocycles. The van der Waals surface area contributed by atoms with Crippen LogP contribution in [0.15, 0.2) is 48.5 Å². The minimum atomic E-state index is -0.348. The molecular weight excluding hydrogens is 367 g/mol. The van der Waals surface area contributed by atoms with Gasteiger partial charge in [0.15, 0.2) is 0 Å². The topological polar surface area (TPSA) is 40.6 Å². The van der Waals surface area contributed by atoms with Crippen molar-refractivity contribution in [1.29, 1.82) is 0 Å². The molecule has 0 N–H and O–H groups in total. The number of carbonyl (C=O) groups excluding carboxylic acids is 2. The van der Waals surface area contributed by atoms with Gasteiger partial charge in [0.1, 0.15) is 5.82 Å². The minimum Gasteiger partial charge on any atom is -0.339 e. The molecule has 152 valence electrons. The molecule has 2 amide bonds. The lowest BCUT2D eigenvalue weighted by Gasteiger charge is -2.35. The summed E-state index contributed by atoms with van der Waals surface area (Å²) in [5.41, 5.74) is 2.93. The molecule has 2 aromatic carbocycles. The fourth-order valence-corrected chi connectivity index (χ4v) is 4.50. The van der Waals surface area contributed by atoms with Crippen LogP contribution in [0.2, 0.25) is 0 Å². The van der Waals surface area contributed by atoms with E-state index >= 15 is 0 Å². The summed E-state index contributed by atoms with van der Waals surface area (Å²) in [6.45, 7) is 4.01. The number of rotatable bonds is 3. The van der Waals surface area contributed by atoms with Gasteiger partial charge in [0.05, 0.1) is 6.04 Å². The van der Waals surface area contributed by atoms with Crippen molar-refractivity contribution in [3.8, 4) is 0 Å². The van der Waals surface area contributed by atoms with E-state index in [9.17, 15) is 14.0 Å². The maximum atomic E-state index is 13.2. The predicted molar refractivity (Wildman–Crippen MR) is 110 cm³/mol. The third kappa shape index (κ3) is 4.19. The van der Waals surface area contributed by atoms with Gasteiger partial charge < -0.3 is 9.80 Å². The van der Waals surface area contributed by atoms with Crippen LogP contribution in [0.1, 0.15) is 53.2 Å².